The second-order valence-electron chi connectivity index (χ2n) is 8.13. The van der Waals surface area contributed by atoms with Gasteiger partial charge in [-0.2, -0.15) is 0 Å². The molecule has 2 rings (SSSR count). The van der Waals surface area contributed by atoms with Gasteiger partial charge in [-0.15, -0.1) is 0 Å². The lowest BCUT2D eigenvalue weighted by molar-refractivity contribution is -0.147. The van der Waals surface area contributed by atoms with Crippen molar-refractivity contribution in [3.8, 4) is 0 Å². The van der Waals surface area contributed by atoms with Crippen LogP contribution >= 0.6 is 0 Å². The van der Waals surface area contributed by atoms with Gasteiger partial charge in [0.2, 0.25) is 17.7 Å². The molecule has 2 saturated heterocycles. The molecule has 0 aromatic rings. The molecular weight excluding hydrogens is 380 g/mol. The zero-order valence-electron chi connectivity index (χ0n) is 17.2. The number of aliphatic hydroxyl groups excluding tert-OH is 1. The van der Waals surface area contributed by atoms with Crippen LogP contribution in [0, 0.1) is 5.92 Å². The van der Waals surface area contributed by atoms with Crippen molar-refractivity contribution >= 4 is 23.7 Å². The molecular formula is C19H32N4O6. The van der Waals surface area contributed by atoms with Crippen molar-refractivity contribution < 1.29 is 29.4 Å². The van der Waals surface area contributed by atoms with E-state index in [1.807, 2.05) is 13.8 Å². The lowest BCUT2D eigenvalue weighted by atomic mass is 10.0. The Balaban J connectivity index is 2.08. The third-order valence-corrected chi connectivity index (χ3v) is 5.49. The van der Waals surface area contributed by atoms with Crippen LogP contribution in [0.4, 0.5) is 0 Å². The molecule has 2 aliphatic rings. The monoisotopic (exact) mass is 412 g/mol. The third kappa shape index (κ3) is 5.66. The Hall–Kier alpha value is -2.20. The number of carboxylic acid groups (broad SMARTS) is 1. The third-order valence-electron chi connectivity index (χ3n) is 5.49. The molecule has 10 nitrogen and oxygen atoms in total. The minimum atomic E-state index is -1.45. The quantitative estimate of drug-likeness (QED) is 0.337. The predicted molar refractivity (Wildman–Crippen MR) is 104 cm³/mol. The van der Waals surface area contributed by atoms with Crippen molar-refractivity contribution in [1.82, 2.24) is 20.9 Å². The van der Waals surface area contributed by atoms with E-state index in [2.05, 4.69) is 16.0 Å². The first-order chi connectivity index (χ1) is 13.6. The van der Waals surface area contributed by atoms with Crippen LogP contribution in [-0.2, 0) is 19.2 Å². The van der Waals surface area contributed by atoms with Crippen LogP contribution < -0.4 is 16.0 Å². The first kappa shape index (κ1) is 23.1. The Bertz CT molecular complexity index is 632. The summed E-state index contributed by atoms with van der Waals surface area (Å²) >= 11 is 0. The highest BCUT2D eigenvalue weighted by atomic mass is 16.4. The fraction of sp³-hybridized carbons (Fsp3) is 0.789. The van der Waals surface area contributed by atoms with Crippen molar-refractivity contribution in [2.75, 3.05) is 13.1 Å². The standard InChI is InChI=1S/C19H32N4O6/c1-10(2)14(21-16(25)12-6-4-8-20-12)18(27)23-9-5-7-13(23)17(26)22-15(11(3)24)19(28)29/h10-15,20,24H,4-9H2,1-3H3,(H,21,25)(H,22,26)(H,28,29). The van der Waals surface area contributed by atoms with Gasteiger partial charge in [-0.1, -0.05) is 13.8 Å². The Morgan fingerprint density at radius 2 is 1.66 bits per heavy atom. The molecule has 10 heteroatoms. The highest BCUT2D eigenvalue weighted by Gasteiger charge is 2.40. The van der Waals surface area contributed by atoms with Crippen molar-refractivity contribution in [3.05, 3.63) is 0 Å². The molecule has 0 bridgehead atoms. The van der Waals surface area contributed by atoms with Gasteiger partial charge in [-0.25, -0.2) is 4.79 Å². The molecule has 5 atom stereocenters. The van der Waals surface area contributed by atoms with Crippen LogP contribution in [0.25, 0.3) is 0 Å². The summed E-state index contributed by atoms with van der Waals surface area (Å²) < 4.78 is 0. The zero-order chi connectivity index (χ0) is 21.7. The van der Waals surface area contributed by atoms with E-state index < -0.39 is 36.1 Å². The SMILES string of the molecule is CC(C)C(NC(=O)C1CCCN1)C(=O)N1CCCC1C(=O)NC(C(=O)O)C(C)O. The lowest BCUT2D eigenvalue weighted by Crippen LogP contribution is -2.58. The molecule has 2 fully saturated rings. The van der Waals surface area contributed by atoms with Crippen LogP contribution in [0.3, 0.4) is 0 Å². The Morgan fingerprint density at radius 1 is 1.00 bits per heavy atom. The molecule has 0 aromatic heterocycles. The largest absolute Gasteiger partial charge is 0.480 e. The van der Waals surface area contributed by atoms with Gasteiger partial charge in [-0.05, 0) is 45.1 Å². The Labute approximate surface area is 170 Å². The maximum absolute atomic E-state index is 13.2. The van der Waals surface area contributed by atoms with E-state index in [-0.39, 0.29) is 23.8 Å². The molecule has 29 heavy (non-hydrogen) atoms. The number of aliphatic hydroxyl groups is 1. The number of nitrogens with one attached hydrogen (secondary N) is 3. The highest BCUT2D eigenvalue weighted by Crippen LogP contribution is 2.21. The minimum Gasteiger partial charge on any atom is -0.480 e. The number of amides is 3. The maximum atomic E-state index is 13.2. The van der Waals surface area contributed by atoms with E-state index in [4.69, 9.17) is 5.11 Å². The van der Waals surface area contributed by atoms with Gasteiger partial charge in [0.25, 0.3) is 0 Å². The van der Waals surface area contributed by atoms with E-state index in [1.54, 1.807) is 0 Å². The number of carbonyl (C=O) groups excluding carboxylic acids is 3. The summed E-state index contributed by atoms with van der Waals surface area (Å²) in [4.78, 5) is 50.9. The van der Waals surface area contributed by atoms with Gasteiger partial charge in [0, 0.05) is 6.54 Å². The van der Waals surface area contributed by atoms with Crippen LogP contribution in [0.15, 0.2) is 0 Å². The molecule has 0 spiro atoms. The topological polar surface area (TPSA) is 148 Å². The van der Waals surface area contributed by atoms with E-state index >= 15 is 0 Å². The number of likely N-dealkylation sites (tertiary alicyclic amines) is 1. The summed E-state index contributed by atoms with van der Waals surface area (Å²) in [5, 5.41) is 27.0. The molecule has 0 aromatic carbocycles. The molecule has 0 radical (unpaired) electrons. The molecule has 0 saturated carbocycles. The van der Waals surface area contributed by atoms with E-state index in [0.717, 1.165) is 19.4 Å². The van der Waals surface area contributed by atoms with E-state index in [9.17, 15) is 24.3 Å². The number of carboxylic acids is 1. The smallest absolute Gasteiger partial charge is 0.328 e. The van der Waals surface area contributed by atoms with Gasteiger partial charge < -0.3 is 31.1 Å². The molecule has 164 valence electrons. The summed E-state index contributed by atoms with van der Waals surface area (Å²) in [6.45, 7) is 6.04. The molecule has 5 N–H and O–H groups in total. The Morgan fingerprint density at radius 3 is 2.17 bits per heavy atom. The van der Waals surface area contributed by atoms with Crippen LogP contribution in [0.5, 0.6) is 0 Å². The molecule has 0 aliphatic carbocycles. The molecule has 2 aliphatic heterocycles. The summed E-state index contributed by atoms with van der Waals surface area (Å²) in [5.74, 6) is -2.72. The average molecular weight is 412 g/mol. The van der Waals surface area contributed by atoms with Crippen LogP contribution in [0.1, 0.15) is 46.5 Å². The van der Waals surface area contributed by atoms with Gasteiger partial charge in [0.05, 0.1) is 12.1 Å². The van der Waals surface area contributed by atoms with Crippen molar-refractivity contribution in [3.63, 3.8) is 0 Å². The van der Waals surface area contributed by atoms with E-state index in [1.165, 1.54) is 11.8 Å². The zero-order valence-corrected chi connectivity index (χ0v) is 17.2. The molecule has 3 amide bonds. The highest BCUT2D eigenvalue weighted by molar-refractivity contribution is 5.94. The van der Waals surface area contributed by atoms with Gasteiger partial charge in [0.1, 0.15) is 12.1 Å². The number of nitrogens with zero attached hydrogens (tertiary/aromatic N) is 1. The fourth-order valence-corrected chi connectivity index (χ4v) is 3.80. The predicted octanol–water partition coefficient (Wildman–Crippen LogP) is -1.18. The molecule has 2 heterocycles. The van der Waals surface area contributed by atoms with Gasteiger partial charge >= 0.3 is 5.97 Å². The number of hydrogen-bond acceptors (Lipinski definition) is 6. The second kappa shape index (κ2) is 10.0. The van der Waals surface area contributed by atoms with Crippen molar-refractivity contribution in [2.45, 2.75) is 76.7 Å². The number of rotatable bonds is 8. The Kier molecular flexibility index (Phi) is 7.97. The number of aliphatic carboxylic acids is 1. The summed E-state index contributed by atoms with van der Waals surface area (Å²) in [5.41, 5.74) is 0. The first-order valence-corrected chi connectivity index (χ1v) is 10.2. The van der Waals surface area contributed by atoms with E-state index in [0.29, 0.717) is 19.4 Å². The number of hydrogen-bond donors (Lipinski definition) is 5. The average Bonchev–Trinajstić information content (AvgIpc) is 3.33. The van der Waals surface area contributed by atoms with Crippen LogP contribution in [0.2, 0.25) is 0 Å². The maximum Gasteiger partial charge on any atom is 0.328 e. The fourth-order valence-electron chi connectivity index (χ4n) is 3.80. The summed E-state index contributed by atoms with van der Waals surface area (Å²) in [7, 11) is 0. The first-order valence-electron chi connectivity index (χ1n) is 10.2. The lowest BCUT2D eigenvalue weighted by Gasteiger charge is -2.31. The number of carbonyl (C=O) groups is 4. The van der Waals surface area contributed by atoms with Crippen molar-refractivity contribution in [2.24, 2.45) is 5.92 Å². The minimum absolute atomic E-state index is 0.179. The summed E-state index contributed by atoms with van der Waals surface area (Å²) in [6.07, 6.45) is 1.34. The second-order valence-corrected chi connectivity index (χ2v) is 8.13. The summed E-state index contributed by atoms with van der Waals surface area (Å²) in [6, 6.07) is -3.37. The van der Waals surface area contributed by atoms with Gasteiger partial charge in [-0.3, -0.25) is 14.4 Å². The van der Waals surface area contributed by atoms with Gasteiger partial charge in [0.15, 0.2) is 6.04 Å². The normalized spacial score (nSPS) is 24.8. The molecule has 5 unspecified atom stereocenters. The van der Waals surface area contributed by atoms with Crippen molar-refractivity contribution in [1.29, 1.82) is 0 Å². The van der Waals surface area contributed by atoms with Crippen LogP contribution in [-0.4, -0.2) is 82.2 Å².